The number of benzene rings is 1. The van der Waals surface area contributed by atoms with Crippen LogP contribution in [0.3, 0.4) is 0 Å². The number of hydrogen-bond acceptors (Lipinski definition) is 4. The number of para-hydroxylation sites is 1. The second-order valence-corrected chi connectivity index (χ2v) is 6.26. The van der Waals surface area contributed by atoms with Crippen LogP contribution in [0.4, 0.5) is 0 Å². The molecule has 0 spiro atoms. The lowest BCUT2D eigenvalue weighted by Gasteiger charge is -2.18. The zero-order valence-corrected chi connectivity index (χ0v) is 14.1. The average molecular weight is 333 g/mol. The topological polar surface area (TPSA) is 55.3 Å². The third-order valence-electron chi connectivity index (χ3n) is 4.53. The van der Waals surface area contributed by atoms with Crippen molar-refractivity contribution in [2.75, 3.05) is 13.1 Å². The van der Waals surface area contributed by atoms with Crippen molar-refractivity contribution in [1.29, 1.82) is 0 Å². The monoisotopic (exact) mass is 333 g/mol. The average Bonchev–Trinajstić information content (AvgIpc) is 3.10. The first-order chi connectivity index (χ1) is 12.2. The Kier molecular flexibility index (Phi) is 4.06. The lowest BCUT2D eigenvalue weighted by atomic mass is 10.2. The van der Waals surface area contributed by atoms with E-state index in [9.17, 15) is 4.79 Å². The quantitative estimate of drug-likeness (QED) is 0.738. The van der Waals surface area contributed by atoms with Crippen LogP contribution in [0.5, 0.6) is 5.88 Å². The molecule has 2 aromatic heterocycles. The van der Waals surface area contributed by atoms with Gasteiger partial charge in [-0.05, 0) is 31.2 Å². The fraction of sp³-hybridized carbons (Fsp3) is 0.250. The van der Waals surface area contributed by atoms with Crippen molar-refractivity contribution in [3.8, 4) is 5.88 Å². The zero-order chi connectivity index (χ0) is 17.2. The molecule has 0 radical (unpaired) electrons. The lowest BCUT2D eigenvalue weighted by Crippen LogP contribution is -2.31. The molecule has 5 heteroatoms. The highest BCUT2D eigenvalue weighted by molar-refractivity contribution is 5.95. The van der Waals surface area contributed by atoms with Crippen LogP contribution >= 0.6 is 0 Å². The van der Waals surface area contributed by atoms with Crippen LogP contribution < -0.4 is 4.74 Å². The second kappa shape index (κ2) is 6.51. The Morgan fingerprint density at radius 1 is 1.16 bits per heavy atom. The molecule has 126 valence electrons. The number of amides is 1. The number of likely N-dealkylation sites (tertiary alicyclic amines) is 1. The van der Waals surface area contributed by atoms with Crippen LogP contribution in [0.15, 0.2) is 54.7 Å². The first kappa shape index (κ1) is 15.6. The van der Waals surface area contributed by atoms with Crippen molar-refractivity contribution in [3.05, 3.63) is 66.0 Å². The van der Waals surface area contributed by atoms with Crippen molar-refractivity contribution >= 4 is 16.8 Å². The summed E-state index contributed by atoms with van der Waals surface area (Å²) in [5, 5.41) is 1.09. The summed E-state index contributed by atoms with van der Waals surface area (Å²) in [5.41, 5.74) is 2.33. The van der Waals surface area contributed by atoms with Gasteiger partial charge in [0.2, 0.25) is 5.88 Å². The van der Waals surface area contributed by atoms with Gasteiger partial charge in [-0.1, -0.05) is 18.2 Å². The van der Waals surface area contributed by atoms with Crippen molar-refractivity contribution in [1.82, 2.24) is 14.9 Å². The molecule has 1 fully saturated rings. The number of fused-ring (bicyclic) bond motifs is 1. The number of nitrogens with zero attached hydrogens (tertiary/aromatic N) is 3. The summed E-state index contributed by atoms with van der Waals surface area (Å²) in [6.07, 6.45) is 2.47. The van der Waals surface area contributed by atoms with Crippen LogP contribution in [-0.4, -0.2) is 40.0 Å². The molecule has 5 nitrogen and oxygen atoms in total. The maximum absolute atomic E-state index is 12.7. The maximum Gasteiger partial charge on any atom is 0.255 e. The van der Waals surface area contributed by atoms with Gasteiger partial charge >= 0.3 is 0 Å². The number of ether oxygens (including phenoxy) is 1. The minimum Gasteiger partial charge on any atom is -0.472 e. The van der Waals surface area contributed by atoms with Gasteiger partial charge in [-0.3, -0.25) is 9.78 Å². The fourth-order valence-electron chi connectivity index (χ4n) is 3.17. The number of rotatable bonds is 3. The van der Waals surface area contributed by atoms with Crippen LogP contribution in [0.25, 0.3) is 10.9 Å². The number of pyridine rings is 2. The van der Waals surface area contributed by atoms with Crippen molar-refractivity contribution in [2.45, 2.75) is 19.4 Å². The van der Waals surface area contributed by atoms with Crippen LogP contribution in [0.1, 0.15) is 22.5 Å². The van der Waals surface area contributed by atoms with E-state index in [4.69, 9.17) is 4.74 Å². The number of carbonyl (C=O) groups excluding carboxylic acids is 1. The molecule has 0 aliphatic carbocycles. The van der Waals surface area contributed by atoms with E-state index >= 15 is 0 Å². The summed E-state index contributed by atoms with van der Waals surface area (Å²) in [6.45, 7) is 3.11. The molecule has 25 heavy (non-hydrogen) atoms. The standard InChI is InChI=1S/C20H19N3O2/c1-14-17(6-4-11-21-14)20(24)23-12-10-16(13-23)25-19-9-8-15-5-2-3-7-18(15)22-19/h2-9,11,16H,10,12-13H2,1H3/t16-/m1/s1. The molecule has 1 atom stereocenters. The largest absolute Gasteiger partial charge is 0.472 e. The molecule has 1 aliphatic heterocycles. The van der Waals surface area contributed by atoms with E-state index in [1.54, 1.807) is 12.3 Å². The third kappa shape index (κ3) is 3.18. The Hall–Kier alpha value is -2.95. The Bertz CT molecular complexity index is 925. The Balaban J connectivity index is 1.45. The van der Waals surface area contributed by atoms with E-state index in [1.807, 2.05) is 54.3 Å². The summed E-state index contributed by atoms with van der Waals surface area (Å²) in [7, 11) is 0. The van der Waals surface area contributed by atoms with Crippen molar-refractivity contribution in [3.63, 3.8) is 0 Å². The van der Waals surface area contributed by atoms with Gasteiger partial charge in [0.25, 0.3) is 5.91 Å². The summed E-state index contributed by atoms with van der Waals surface area (Å²) >= 11 is 0. The van der Waals surface area contributed by atoms with E-state index in [0.29, 0.717) is 24.5 Å². The van der Waals surface area contributed by atoms with Gasteiger partial charge in [-0.2, -0.15) is 0 Å². The highest BCUT2D eigenvalue weighted by atomic mass is 16.5. The molecule has 1 aliphatic rings. The molecule has 4 rings (SSSR count). The summed E-state index contributed by atoms with van der Waals surface area (Å²) in [6, 6.07) is 15.5. The van der Waals surface area contributed by atoms with E-state index < -0.39 is 0 Å². The predicted molar refractivity (Wildman–Crippen MR) is 95.7 cm³/mol. The fourth-order valence-corrected chi connectivity index (χ4v) is 3.17. The number of hydrogen-bond donors (Lipinski definition) is 0. The molecule has 1 amide bonds. The molecule has 0 N–H and O–H groups in total. The van der Waals surface area contributed by atoms with E-state index in [-0.39, 0.29) is 12.0 Å². The molecule has 3 aromatic rings. The van der Waals surface area contributed by atoms with Crippen molar-refractivity contribution < 1.29 is 9.53 Å². The molecular weight excluding hydrogens is 314 g/mol. The van der Waals surface area contributed by atoms with Gasteiger partial charge in [0, 0.05) is 36.3 Å². The van der Waals surface area contributed by atoms with E-state index in [0.717, 1.165) is 23.0 Å². The molecule has 1 aromatic carbocycles. The van der Waals surface area contributed by atoms with Gasteiger partial charge in [0.1, 0.15) is 6.10 Å². The molecule has 0 bridgehead atoms. The number of aryl methyl sites for hydroxylation is 1. The highest BCUT2D eigenvalue weighted by Gasteiger charge is 2.29. The summed E-state index contributed by atoms with van der Waals surface area (Å²) in [4.78, 5) is 23.2. The molecule has 0 unspecified atom stereocenters. The number of carbonyl (C=O) groups is 1. The Labute approximate surface area is 146 Å². The van der Waals surface area contributed by atoms with Gasteiger partial charge < -0.3 is 9.64 Å². The molecule has 1 saturated heterocycles. The first-order valence-electron chi connectivity index (χ1n) is 8.44. The van der Waals surface area contributed by atoms with E-state index in [1.165, 1.54) is 0 Å². The summed E-state index contributed by atoms with van der Waals surface area (Å²) < 4.78 is 6.01. The van der Waals surface area contributed by atoms with Gasteiger partial charge in [0.05, 0.1) is 17.6 Å². The highest BCUT2D eigenvalue weighted by Crippen LogP contribution is 2.21. The minimum absolute atomic E-state index is 0.0168. The normalized spacial score (nSPS) is 17.0. The predicted octanol–water partition coefficient (Wildman–Crippen LogP) is 3.23. The van der Waals surface area contributed by atoms with Gasteiger partial charge in [-0.15, -0.1) is 0 Å². The minimum atomic E-state index is -0.0328. The summed E-state index contributed by atoms with van der Waals surface area (Å²) in [5.74, 6) is 0.624. The zero-order valence-electron chi connectivity index (χ0n) is 14.1. The van der Waals surface area contributed by atoms with Gasteiger partial charge in [-0.25, -0.2) is 4.98 Å². The van der Waals surface area contributed by atoms with Crippen LogP contribution in [0, 0.1) is 6.92 Å². The van der Waals surface area contributed by atoms with Crippen LogP contribution in [-0.2, 0) is 0 Å². The Morgan fingerprint density at radius 3 is 2.92 bits per heavy atom. The third-order valence-corrected chi connectivity index (χ3v) is 4.53. The van der Waals surface area contributed by atoms with Gasteiger partial charge in [0.15, 0.2) is 0 Å². The smallest absolute Gasteiger partial charge is 0.255 e. The van der Waals surface area contributed by atoms with E-state index in [2.05, 4.69) is 9.97 Å². The second-order valence-electron chi connectivity index (χ2n) is 6.26. The molecular formula is C20H19N3O2. The maximum atomic E-state index is 12.7. The number of aromatic nitrogens is 2. The Morgan fingerprint density at radius 2 is 2.04 bits per heavy atom. The SMILES string of the molecule is Cc1ncccc1C(=O)N1CC[C@@H](Oc2ccc3ccccc3n2)C1. The lowest BCUT2D eigenvalue weighted by molar-refractivity contribution is 0.0770. The van der Waals surface area contributed by atoms with Crippen molar-refractivity contribution in [2.24, 2.45) is 0 Å². The van der Waals surface area contributed by atoms with Crippen LogP contribution in [0.2, 0.25) is 0 Å². The molecule has 3 heterocycles. The first-order valence-corrected chi connectivity index (χ1v) is 8.44. The molecule has 0 saturated carbocycles.